The van der Waals surface area contributed by atoms with E-state index in [9.17, 15) is 9.59 Å². The quantitative estimate of drug-likeness (QED) is 0.476. The lowest BCUT2D eigenvalue weighted by Crippen LogP contribution is -2.36. The number of rotatable bonds is 8. The molecule has 1 heterocycles. The van der Waals surface area contributed by atoms with E-state index < -0.39 is 0 Å². The van der Waals surface area contributed by atoms with E-state index in [-0.39, 0.29) is 24.3 Å². The topological polar surface area (TPSA) is 49.6 Å². The van der Waals surface area contributed by atoms with Crippen LogP contribution >= 0.6 is 0 Å². The molecule has 0 aromatic carbocycles. The first-order valence-corrected chi connectivity index (χ1v) is 7.05. The lowest BCUT2D eigenvalue weighted by atomic mass is 10.2. The highest BCUT2D eigenvalue weighted by Crippen LogP contribution is 2.47. The Labute approximate surface area is 114 Å². The number of nitrogens with zero attached hydrogens (tertiary/aromatic N) is 2. The van der Waals surface area contributed by atoms with Crippen LogP contribution in [0.3, 0.4) is 0 Å². The summed E-state index contributed by atoms with van der Waals surface area (Å²) in [4.78, 5) is 27.3. The molecule has 5 nitrogen and oxygen atoms in total. The molecule has 1 aliphatic heterocycles. The summed E-state index contributed by atoms with van der Waals surface area (Å²) < 4.78 is 5.06. The predicted octanol–water partition coefficient (Wildman–Crippen LogP) is 0.533. The molecule has 3 atom stereocenters. The standard InChI is InChI=1S/C14H24N2O3/c1-10(17)9-15(2)14(18)13-12(11-5-6-11)16(13)7-4-8-19-3/h11-13H,4-9H2,1-3H3/t12-,13-,16?/m1/s1. The molecule has 1 aliphatic carbocycles. The molecule has 5 heteroatoms. The molecule has 1 amide bonds. The van der Waals surface area contributed by atoms with Crippen molar-refractivity contribution in [2.75, 3.05) is 33.9 Å². The monoisotopic (exact) mass is 268 g/mol. The highest BCUT2D eigenvalue weighted by atomic mass is 16.5. The first-order valence-electron chi connectivity index (χ1n) is 7.05. The van der Waals surface area contributed by atoms with Crippen LogP contribution in [0.15, 0.2) is 0 Å². The van der Waals surface area contributed by atoms with Gasteiger partial charge in [-0.3, -0.25) is 14.5 Å². The van der Waals surface area contributed by atoms with Crippen LogP contribution in [-0.2, 0) is 14.3 Å². The van der Waals surface area contributed by atoms with Crippen molar-refractivity contribution in [1.82, 2.24) is 9.80 Å². The Morgan fingerprint density at radius 2 is 2.05 bits per heavy atom. The van der Waals surface area contributed by atoms with Crippen molar-refractivity contribution in [3.63, 3.8) is 0 Å². The number of ketones is 1. The Morgan fingerprint density at radius 3 is 2.58 bits per heavy atom. The fraction of sp³-hybridized carbons (Fsp3) is 0.857. The van der Waals surface area contributed by atoms with Crippen molar-refractivity contribution in [3.8, 4) is 0 Å². The second-order valence-electron chi connectivity index (χ2n) is 5.75. The number of carbonyl (C=O) groups excluding carboxylic acids is 2. The SMILES string of the molecule is COCCCN1[C@H](C2CC2)[C@@H]1C(=O)N(C)CC(C)=O. The average molecular weight is 268 g/mol. The molecule has 1 saturated heterocycles. The van der Waals surface area contributed by atoms with Crippen LogP contribution in [0.5, 0.6) is 0 Å². The number of ether oxygens (including phenoxy) is 1. The normalized spacial score (nSPS) is 29.1. The van der Waals surface area contributed by atoms with Gasteiger partial charge in [0.25, 0.3) is 0 Å². The van der Waals surface area contributed by atoms with Crippen molar-refractivity contribution in [3.05, 3.63) is 0 Å². The molecule has 1 saturated carbocycles. The zero-order valence-corrected chi connectivity index (χ0v) is 12.1. The summed E-state index contributed by atoms with van der Waals surface area (Å²) >= 11 is 0. The van der Waals surface area contributed by atoms with E-state index in [0.29, 0.717) is 12.0 Å². The second-order valence-corrected chi connectivity index (χ2v) is 5.75. The van der Waals surface area contributed by atoms with Gasteiger partial charge < -0.3 is 9.64 Å². The van der Waals surface area contributed by atoms with Crippen LogP contribution in [0.4, 0.5) is 0 Å². The Bertz CT molecular complexity index is 355. The second kappa shape index (κ2) is 6.01. The molecule has 0 radical (unpaired) electrons. The summed E-state index contributed by atoms with van der Waals surface area (Å²) in [6.07, 6.45) is 3.44. The van der Waals surface area contributed by atoms with Crippen LogP contribution in [0.25, 0.3) is 0 Å². The zero-order valence-electron chi connectivity index (χ0n) is 12.1. The third-order valence-electron chi connectivity index (χ3n) is 3.93. The summed E-state index contributed by atoms with van der Waals surface area (Å²) in [6.45, 7) is 3.39. The van der Waals surface area contributed by atoms with Gasteiger partial charge in [-0.05, 0) is 32.1 Å². The van der Waals surface area contributed by atoms with Gasteiger partial charge in [-0.2, -0.15) is 0 Å². The Balaban J connectivity index is 1.86. The number of Topliss-reactive ketones (excluding diaryl/α,β-unsaturated/α-hetero) is 1. The summed E-state index contributed by atoms with van der Waals surface area (Å²) in [5.74, 6) is 0.831. The van der Waals surface area contributed by atoms with Crippen LogP contribution in [0, 0.1) is 5.92 Å². The molecule has 2 aliphatic rings. The van der Waals surface area contributed by atoms with Gasteiger partial charge in [-0.1, -0.05) is 0 Å². The lowest BCUT2D eigenvalue weighted by molar-refractivity contribution is -0.133. The molecular weight excluding hydrogens is 244 g/mol. The van der Waals surface area contributed by atoms with Gasteiger partial charge in [0.2, 0.25) is 5.91 Å². The summed E-state index contributed by atoms with van der Waals surface area (Å²) in [5, 5.41) is 0. The van der Waals surface area contributed by atoms with E-state index in [0.717, 1.165) is 19.6 Å². The Hall–Kier alpha value is -0.940. The largest absolute Gasteiger partial charge is 0.385 e. The molecule has 0 aromatic heterocycles. The molecule has 0 N–H and O–H groups in total. The van der Waals surface area contributed by atoms with E-state index in [2.05, 4.69) is 4.90 Å². The van der Waals surface area contributed by atoms with Crippen molar-refractivity contribution < 1.29 is 14.3 Å². The van der Waals surface area contributed by atoms with Crippen LogP contribution in [-0.4, -0.2) is 67.4 Å². The lowest BCUT2D eigenvalue weighted by Gasteiger charge is -2.15. The fourth-order valence-electron chi connectivity index (χ4n) is 2.87. The van der Waals surface area contributed by atoms with E-state index >= 15 is 0 Å². The number of amides is 1. The highest BCUT2D eigenvalue weighted by Gasteiger charge is 2.58. The smallest absolute Gasteiger partial charge is 0.241 e. The Kier molecular flexibility index (Phi) is 4.58. The molecule has 1 unspecified atom stereocenters. The van der Waals surface area contributed by atoms with Crippen LogP contribution in [0.1, 0.15) is 26.2 Å². The minimum atomic E-state index is 0.00806. The van der Waals surface area contributed by atoms with Gasteiger partial charge in [0, 0.05) is 33.4 Å². The fourth-order valence-corrected chi connectivity index (χ4v) is 2.87. The average Bonchev–Trinajstić information content (AvgIpc) is 3.21. The van der Waals surface area contributed by atoms with Crippen molar-refractivity contribution in [1.29, 1.82) is 0 Å². The van der Waals surface area contributed by atoms with Crippen LogP contribution < -0.4 is 0 Å². The molecule has 2 fully saturated rings. The van der Waals surface area contributed by atoms with E-state index in [1.54, 1.807) is 19.1 Å². The van der Waals surface area contributed by atoms with E-state index in [1.807, 2.05) is 0 Å². The molecule has 19 heavy (non-hydrogen) atoms. The molecular formula is C14H24N2O3. The van der Waals surface area contributed by atoms with Crippen LogP contribution in [0.2, 0.25) is 0 Å². The zero-order chi connectivity index (χ0) is 14.0. The third kappa shape index (κ3) is 3.54. The first-order chi connectivity index (χ1) is 9.06. The molecule has 0 spiro atoms. The summed E-state index contributed by atoms with van der Waals surface area (Å²) in [5.41, 5.74) is 0. The number of likely N-dealkylation sites (N-methyl/N-ethyl adjacent to an activating group) is 1. The highest BCUT2D eigenvalue weighted by molar-refractivity contribution is 5.89. The summed E-state index contributed by atoms with van der Waals surface area (Å²) in [6, 6.07) is 0.424. The number of hydrogen-bond donors (Lipinski definition) is 0. The molecule has 0 bridgehead atoms. The van der Waals surface area contributed by atoms with Crippen molar-refractivity contribution in [2.45, 2.75) is 38.3 Å². The van der Waals surface area contributed by atoms with Gasteiger partial charge in [0.05, 0.1) is 6.54 Å². The van der Waals surface area contributed by atoms with Gasteiger partial charge in [-0.15, -0.1) is 0 Å². The van der Waals surface area contributed by atoms with E-state index in [1.165, 1.54) is 19.8 Å². The van der Waals surface area contributed by atoms with Gasteiger partial charge >= 0.3 is 0 Å². The number of methoxy groups -OCH3 is 1. The molecule has 108 valence electrons. The van der Waals surface area contributed by atoms with E-state index in [4.69, 9.17) is 4.74 Å². The van der Waals surface area contributed by atoms with Crippen molar-refractivity contribution in [2.24, 2.45) is 5.92 Å². The summed E-state index contributed by atoms with van der Waals surface area (Å²) in [7, 11) is 3.42. The maximum atomic E-state index is 12.3. The van der Waals surface area contributed by atoms with Gasteiger partial charge in [0.15, 0.2) is 0 Å². The predicted molar refractivity (Wildman–Crippen MR) is 71.8 cm³/mol. The van der Waals surface area contributed by atoms with Crippen molar-refractivity contribution >= 4 is 11.7 Å². The molecule has 2 rings (SSSR count). The number of hydrogen-bond acceptors (Lipinski definition) is 4. The third-order valence-corrected chi connectivity index (χ3v) is 3.93. The maximum Gasteiger partial charge on any atom is 0.241 e. The number of carbonyl (C=O) groups is 2. The maximum absolute atomic E-state index is 12.3. The van der Waals surface area contributed by atoms with Gasteiger partial charge in [-0.25, -0.2) is 0 Å². The Morgan fingerprint density at radius 1 is 1.37 bits per heavy atom. The first kappa shape index (κ1) is 14.5. The minimum absolute atomic E-state index is 0.00806. The molecule has 0 aromatic rings. The minimum Gasteiger partial charge on any atom is -0.385 e. The van der Waals surface area contributed by atoms with Gasteiger partial charge in [0.1, 0.15) is 11.8 Å².